The molecule has 4 rings (SSSR count). The topological polar surface area (TPSA) is 68.5 Å². The molecule has 2 aromatic rings. The van der Waals surface area contributed by atoms with Gasteiger partial charge in [0.1, 0.15) is 16.9 Å². The molecule has 1 aromatic carbocycles. The first-order valence-electron chi connectivity index (χ1n) is 10.4. The standard InChI is InChI=1S/C23H29NO4/c1-5-23(4)12-16(25)20-18(28-23)11-10-17-19(20)14(3)21(27-17)22(26)24-15-9-7-6-8-13(15)2/h10-11,13,15H,5-9,12H2,1-4H3,(H,24,26). The number of hydrogen-bond acceptors (Lipinski definition) is 4. The molecule has 1 aliphatic carbocycles. The Bertz CT molecular complexity index is 944. The number of furan rings is 1. The summed E-state index contributed by atoms with van der Waals surface area (Å²) in [5.74, 6) is 1.22. The highest BCUT2D eigenvalue weighted by Gasteiger charge is 2.37. The molecule has 0 spiro atoms. The monoisotopic (exact) mass is 383 g/mol. The highest BCUT2D eigenvalue weighted by molar-refractivity contribution is 6.13. The third-order valence-corrected chi connectivity index (χ3v) is 6.61. The first kappa shape index (κ1) is 19.0. The molecule has 1 fully saturated rings. The number of nitrogens with one attached hydrogen (secondary N) is 1. The number of carbonyl (C=O) groups is 2. The van der Waals surface area contributed by atoms with Crippen LogP contribution in [0, 0.1) is 12.8 Å². The smallest absolute Gasteiger partial charge is 0.287 e. The van der Waals surface area contributed by atoms with Crippen molar-refractivity contribution in [3.05, 3.63) is 29.0 Å². The molecule has 1 amide bonds. The van der Waals surface area contributed by atoms with E-state index in [-0.39, 0.29) is 17.7 Å². The van der Waals surface area contributed by atoms with Crippen molar-refractivity contribution >= 4 is 22.7 Å². The summed E-state index contributed by atoms with van der Waals surface area (Å²) in [6.07, 6.45) is 5.60. The molecule has 1 saturated carbocycles. The predicted molar refractivity (Wildman–Crippen MR) is 108 cm³/mol. The molecule has 0 saturated heterocycles. The van der Waals surface area contributed by atoms with E-state index in [4.69, 9.17) is 9.15 Å². The Hall–Kier alpha value is -2.30. The van der Waals surface area contributed by atoms with Crippen molar-refractivity contribution in [3.8, 4) is 5.75 Å². The molecule has 1 aliphatic heterocycles. The highest BCUT2D eigenvalue weighted by atomic mass is 16.5. The number of aryl methyl sites for hydroxylation is 1. The minimum atomic E-state index is -0.479. The Balaban J connectivity index is 1.71. The molecule has 2 aliphatic rings. The van der Waals surface area contributed by atoms with Crippen LogP contribution < -0.4 is 10.1 Å². The van der Waals surface area contributed by atoms with E-state index in [0.717, 1.165) is 25.7 Å². The Morgan fingerprint density at radius 1 is 1.29 bits per heavy atom. The minimum absolute atomic E-state index is 0.0490. The van der Waals surface area contributed by atoms with Gasteiger partial charge in [0.2, 0.25) is 0 Å². The largest absolute Gasteiger partial charge is 0.486 e. The quantitative estimate of drug-likeness (QED) is 0.792. The van der Waals surface area contributed by atoms with Crippen LogP contribution in [0.15, 0.2) is 16.5 Å². The van der Waals surface area contributed by atoms with E-state index in [0.29, 0.717) is 45.9 Å². The lowest BCUT2D eigenvalue weighted by Gasteiger charge is -2.34. The van der Waals surface area contributed by atoms with Gasteiger partial charge >= 0.3 is 0 Å². The number of benzene rings is 1. The number of fused-ring (bicyclic) bond motifs is 3. The van der Waals surface area contributed by atoms with Crippen LogP contribution in [-0.4, -0.2) is 23.3 Å². The van der Waals surface area contributed by atoms with Gasteiger partial charge in [-0.05, 0) is 51.2 Å². The van der Waals surface area contributed by atoms with Crippen molar-refractivity contribution in [2.24, 2.45) is 5.92 Å². The Labute approximate surface area is 165 Å². The Morgan fingerprint density at radius 3 is 2.75 bits per heavy atom. The molecular formula is C23H29NO4. The maximum Gasteiger partial charge on any atom is 0.287 e. The molecule has 2 heterocycles. The fraction of sp³-hybridized carbons (Fsp3) is 0.565. The lowest BCUT2D eigenvalue weighted by molar-refractivity contribution is 0.0503. The zero-order valence-corrected chi connectivity index (χ0v) is 17.2. The summed E-state index contributed by atoms with van der Waals surface area (Å²) in [5.41, 5.74) is 1.35. The van der Waals surface area contributed by atoms with Crippen molar-refractivity contribution in [1.29, 1.82) is 0 Å². The average molecular weight is 383 g/mol. The fourth-order valence-electron chi connectivity index (χ4n) is 4.59. The van der Waals surface area contributed by atoms with Gasteiger partial charge < -0.3 is 14.5 Å². The maximum atomic E-state index is 12.9. The highest BCUT2D eigenvalue weighted by Crippen LogP contribution is 2.41. The van der Waals surface area contributed by atoms with Gasteiger partial charge in [0.15, 0.2) is 11.5 Å². The number of hydrogen-bond donors (Lipinski definition) is 1. The Kier molecular flexibility index (Phi) is 4.72. The van der Waals surface area contributed by atoms with Crippen molar-refractivity contribution in [2.45, 2.75) is 77.9 Å². The number of carbonyl (C=O) groups excluding carboxylic acids is 2. The van der Waals surface area contributed by atoms with Crippen LogP contribution in [0.1, 0.15) is 85.8 Å². The Morgan fingerprint density at radius 2 is 2.04 bits per heavy atom. The molecule has 0 bridgehead atoms. The average Bonchev–Trinajstić information content (AvgIpc) is 3.00. The van der Waals surface area contributed by atoms with Gasteiger partial charge in [-0.15, -0.1) is 0 Å². The second-order valence-corrected chi connectivity index (χ2v) is 8.72. The van der Waals surface area contributed by atoms with Crippen molar-refractivity contribution < 1.29 is 18.7 Å². The van der Waals surface area contributed by atoms with Gasteiger partial charge in [-0.2, -0.15) is 0 Å². The van der Waals surface area contributed by atoms with Gasteiger partial charge in [0.05, 0.1) is 12.0 Å². The predicted octanol–water partition coefficient (Wildman–Crippen LogP) is 5.18. The van der Waals surface area contributed by atoms with Crippen molar-refractivity contribution in [1.82, 2.24) is 5.32 Å². The lowest BCUT2D eigenvalue weighted by atomic mass is 9.86. The van der Waals surface area contributed by atoms with E-state index >= 15 is 0 Å². The molecule has 3 unspecified atom stereocenters. The van der Waals surface area contributed by atoms with Crippen LogP contribution in [0.5, 0.6) is 5.75 Å². The molecule has 150 valence electrons. The molecule has 5 heteroatoms. The molecule has 1 N–H and O–H groups in total. The molecular weight excluding hydrogens is 354 g/mol. The third-order valence-electron chi connectivity index (χ3n) is 6.61. The summed E-state index contributed by atoms with van der Waals surface area (Å²) < 4.78 is 12.1. The molecule has 1 aromatic heterocycles. The molecule has 3 atom stereocenters. The van der Waals surface area contributed by atoms with Crippen LogP contribution in [0.2, 0.25) is 0 Å². The zero-order valence-electron chi connectivity index (χ0n) is 17.2. The summed E-state index contributed by atoms with van der Waals surface area (Å²) in [6.45, 7) is 8.03. The zero-order chi connectivity index (χ0) is 20.1. The number of rotatable bonds is 3. The summed E-state index contributed by atoms with van der Waals surface area (Å²) in [7, 11) is 0. The summed E-state index contributed by atoms with van der Waals surface area (Å²) in [5, 5.41) is 3.86. The van der Waals surface area contributed by atoms with E-state index < -0.39 is 5.60 Å². The van der Waals surface area contributed by atoms with E-state index in [9.17, 15) is 9.59 Å². The lowest BCUT2D eigenvalue weighted by Crippen LogP contribution is -2.41. The van der Waals surface area contributed by atoms with E-state index in [1.165, 1.54) is 6.42 Å². The number of ether oxygens (including phenoxy) is 1. The first-order valence-corrected chi connectivity index (χ1v) is 10.4. The van der Waals surface area contributed by atoms with Gasteiger partial charge in [0.25, 0.3) is 5.91 Å². The second kappa shape index (κ2) is 6.94. The molecule has 28 heavy (non-hydrogen) atoms. The van der Waals surface area contributed by atoms with Gasteiger partial charge in [0, 0.05) is 17.0 Å². The normalized spacial score (nSPS) is 27.4. The van der Waals surface area contributed by atoms with Crippen molar-refractivity contribution in [2.75, 3.05) is 0 Å². The van der Waals surface area contributed by atoms with E-state index in [2.05, 4.69) is 12.2 Å². The van der Waals surface area contributed by atoms with E-state index in [1.54, 1.807) is 12.1 Å². The molecule has 5 nitrogen and oxygen atoms in total. The van der Waals surface area contributed by atoms with E-state index in [1.807, 2.05) is 20.8 Å². The minimum Gasteiger partial charge on any atom is -0.486 e. The molecule has 0 radical (unpaired) electrons. The van der Waals surface area contributed by atoms with Crippen LogP contribution in [0.25, 0.3) is 11.0 Å². The maximum absolute atomic E-state index is 12.9. The second-order valence-electron chi connectivity index (χ2n) is 8.72. The summed E-state index contributed by atoms with van der Waals surface area (Å²) >= 11 is 0. The third kappa shape index (κ3) is 3.11. The van der Waals surface area contributed by atoms with Crippen LogP contribution in [-0.2, 0) is 0 Å². The SMILES string of the molecule is CCC1(C)CC(=O)c2c(ccc3oc(C(=O)NC4CCCCC4C)c(C)c23)O1. The fourth-order valence-corrected chi connectivity index (χ4v) is 4.59. The summed E-state index contributed by atoms with van der Waals surface area (Å²) in [4.78, 5) is 25.9. The van der Waals surface area contributed by atoms with Gasteiger partial charge in [-0.25, -0.2) is 0 Å². The van der Waals surface area contributed by atoms with Crippen molar-refractivity contribution in [3.63, 3.8) is 0 Å². The van der Waals surface area contributed by atoms with Crippen LogP contribution in [0.4, 0.5) is 0 Å². The number of Topliss-reactive ketones (excluding diaryl/α,β-unsaturated/α-hetero) is 1. The van der Waals surface area contributed by atoms with Crippen LogP contribution in [0.3, 0.4) is 0 Å². The van der Waals surface area contributed by atoms with Crippen LogP contribution >= 0.6 is 0 Å². The number of amides is 1. The van der Waals surface area contributed by atoms with Gasteiger partial charge in [-0.3, -0.25) is 9.59 Å². The summed E-state index contributed by atoms with van der Waals surface area (Å²) in [6, 6.07) is 3.77. The first-order chi connectivity index (χ1) is 13.3. The van der Waals surface area contributed by atoms with Gasteiger partial charge in [-0.1, -0.05) is 26.7 Å². The number of ketones is 1.